The molecule has 0 unspecified atom stereocenters. The molecule has 1 rings (SSSR count). The van der Waals surface area contributed by atoms with Crippen molar-refractivity contribution < 1.29 is 14.6 Å². The second-order valence-electron chi connectivity index (χ2n) is 4.85. The number of nitrogens with zero attached hydrogens (tertiary/aromatic N) is 4. The molecule has 0 N–H and O–H groups in total. The Morgan fingerprint density at radius 1 is 1.26 bits per heavy atom. The first kappa shape index (κ1) is 18.1. The van der Waals surface area contributed by atoms with Crippen LogP contribution in [0.4, 0.5) is 17.1 Å². The fourth-order valence-corrected chi connectivity index (χ4v) is 2.41. The summed E-state index contributed by atoms with van der Waals surface area (Å²) >= 11 is 0. The van der Waals surface area contributed by atoms with Crippen LogP contribution in [0.5, 0.6) is 0 Å². The van der Waals surface area contributed by atoms with Crippen molar-refractivity contribution in [2.75, 3.05) is 5.01 Å². The van der Waals surface area contributed by atoms with Gasteiger partial charge in [0.15, 0.2) is 6.29 Å². The first-order valence-electron chi connectivity index (χ1n) is 6.87. The predicted molar refractivity (Wildman–Crippen MR) is 82.5 cm³/mol. The summed E-state index contributed by atoms with van der Waals surface area (Å²) in [6.45, 7) is 4.79. The number of benzene rings is 1. The molecular formula is C13H16N4O6. The Morgan fingerprint density at radius 3 is 2.17 bits per heavy atom. The molecule has 0 aliphatic rings. The zero-order chi connectivity index (χ0) is 17.7. The van der Waals surface area contributed by atoms with Gasteiger partial charge >= 0.3 is 11.4 Å². The quantitative estimate of drug-likeness (QED) is 0.309. The fourth-order valence-electron chi connectivity index (χ4n) is 2.41. The standard InChI is InChI=1S/C13H16N4O6/c1-4-9(5-2)15(14-19)13-11(16(20)21)6-8(3)10(7-18)12(13)17(22)23/h6-7,9H,4-5H2,1-3H3. The molecule has 1 aromatic carbocycles. The highest BCUT2D eigenvalue weighted by molar-refractivity contribution is 5.92. The Morgan fingerprint density at radius 2 is 1.83 bits per heavy atom. The topological polar surface area (TPSA) is 136 Å². The van der Waals surface area contributed by atoms with Gasteiger partial charge in [-0.1, -0.05) is 13.8 Å². The van der Waals surface area contributed by atoms with E-state index in [0.717, 1.165) is 11.1 Å². The van der Waals surface area contributed by atoms with Gasteiger partial charge in [-0.25, -0.2) is 5.01 Å². The second-order valence-corrected chi connectivity index (χ2v) is 4.85. The van der Waals surface area contributed by atoms with E-state index >= 15 is 0 Å². The number of nitro benzene ring substituents is 2. The van der Waals surface area contributed by atoms with E-state index < -0.39 is 33.0 Å². The maximum absolute atomic E-state index is 11.4. The summed E-state index contributed by atoms with van der Waals surface area (Å²) in [5, 5.41) is 26.2. The number of nitroso groups, excluding NO2 is 1. The third kappa shape index (κ3) is 3.30. The van der Waals surface area contributed by atoms with Crippen molar-refractivity contribution in [1.29, 1.82) is 0 Å². The van der Waals surface area contributed by atoms with Crippen molar-refractivity contribution in [1.82, 2.24) is 0 Å². The van der Waals surface area contributed by atoms with E-state index in [4.69, 9.17) is 0 Å². The molecule has 0 saturated carbocycles. The van der Waals surface area contributed by atoms with E-state index in [0.29, 0.717) is 12.8 Å². The van der Waals surface area contributed by atoms with E-state index in [1.165, 1.54) is 6.92 Å². The van der Waals surface area contributed by atoms with Crippen LogP contribution >= 0.6 is 0 Å². The number of carbonyl (C=O) groups excluding carboxylic acids is 1. The highest BCUT2D eigenvalue weighted by atomic mass is 16.6. The van der Waals surface area contributed by atoms with Gasteiger partial charge in [0.2, 0.25) is 5.69 Å². The van der Waals surface area contributed by atoms with Crippen LogP contribution in [0.2, 0.25) is 0 Å². The molecule has 0 aliphatic heterocycles. The van der Waals surface area contributed by atoms with E-state index in [2.05, 4.69) is 5.29 Å². The first-order chi connectivity index (χ1) is 10.8. The van der Waals surface area contributed by atoms with Crippen molar-refractivity contribution in [3.8, 4) is 0 Å². The number of carbonyl (C=O) groups is 1. The molecule has 23 heavy (non-hydrogen) atoms. The SMILES string of the molecule is CCC(CC)N(N=O)c1c([N+](=O)[O-])cc(C)c(C=O)c1[N+](=O)[O-]. The van der Waals surface area contributed by atoms with Crippen LogP contribution in [0.15, 0.2) is 11.4 Å². The maximum Gasteiger partial charge on any atom is 0.312 e. The number of aryl methyl sites for hydroxylation is 1. The van der Waals surface area contributed by atoms with Crippen LogP contribution in [0.3, 0.4) is 0 Å². The molecule has 0 saturated heterocycles. The van der Waals surface area contributed by atoms with Gasteiger partial charge in [0.05, 0.1) is 26.7 Å². The van der Waals surface area contributed by atoms with Gasteiger partial charge in [-0.15, -0.1) is 4.91 Å². The number of hydrogen-bond donors (Lipinski definition) is 0. The first-order valence-corrected chi connectivity index (χ1v) is 6.87. The maximum atomic E-state index is 11.4. The van der Waals surface area contributed by atoms with Crippen LogP contribution in [0.1, 0.15) is 42.6 Å². The number of aldehydes is 1. The molecule has 0 atom stereocenters. The number of nitro groups is 2. The normalized spacial score (nSPS) is 10.4. The summed E-state index contributed by atoms with van der Waals surface area (Å²) in [6, 6.07) is 0.471. The average Bonchev–Trinajstić information content (AvgIpc) is 2.51. The van der Waals surface area contributed by atoms with Gasteiger partial charge in [0, 0.05) is 6.07 Å². The molecule has 10 nitrogen and oxygen atoms in total. The van der Waals surface area contributed by atoms with Crippen LogP contribution in [-0.2, 0) is 0 Å². The summed E-state index contributed by atoms with van der Waals surface area (Å²) in [6.07, 6.45) is 1.03. The van der Waals surface area contributed by atoms with Gasteiger partial charge in [-0.05, 0) is 25.3 Å². The van der Waals surface area contributed by atoms with E-state index in [1.807, 2.05) is 0 Å². The van der Waals surface area contributed by atoms with Gasteiger partial charge in [0.1, 0.15) is 0 Å². The zero-order valence-corrected chi connectivity index (χ0v) is 12.9. The average molecular weight is 324 g/mol. The minimum atomic E-state index is -0.903. The van der Waals surface area contributed by atoms with Crippen molar-refractivity contribution in [2.24, 2.45) is 5.29 Å². The number of rotatable bonds is 8. The Hall–Kier alpha value is -2.91. The molecule has 0 aromatic heterocycles. The fraction of sp³-hybridized carbons (Fsp3) is 0.462. The van der Waals surface area contributed by atoms with Crippen LogP contribution in [0, 0.1) is 32.1 Å². The molecule has 0 amide bonds. The van der Waals surface area contributed by atoms with Crippen LogP contribution < -0.4 is 5.01 Å². The van der Waals surface area contributed by atoms with Crippen LogP contribution in [0.25, 0.3) is 0 Å². The highest BCUT2D eigenvalue weighted by Gasteiger charge is 2.37. The zero-order valence-electron chi connectivity index (χ0n) is 12.9. The monoisotopic (exact) mass is 324 g/mol. The molecule has 0 spiro atoms. The van der Waals surface area contributed by atoms with Crippen molar-refractivity contribution in [2.45, 2.75) is 39.7 Å². The lowest BCUT2D eigenvalue weighted by Crippen LogP contribution is -2.30. The lowest BCUT2D eigenvalue weighted by molar-refractivity contribution is -0.392. The van der Waals surface area contributed by atoms with Crippen molar-refractivity contribution in [3.63, 3.8) is 0 Å². The molecule has 0 aliphatic carbocycles. The van der Waals surface area contributed by atoms with Crippen molar-refractivity contribution >= 4 is 23.3 Å². The predicted octanol–water partition coefficient (Wildman–Crippen LogP) is 3.30. The van der Waals surface area contributed by atoms with Gasteiger partial charge in [0.25, 0.3) is 0 Å². The Bertz CT molecular complexity index is 656. The summed E-state index contributed by atoms with van der Waals surface area (Å²) in [5.74, 6) is 0. The van der Waals surface area contributed by atoms with E-state index in [9.17, 15) is 29.9 Å². The highest BCUT2D eigenvalue weighted by Crippen LogP contribution is 2.42. The molecule has 0 radical (unpaired) electrons. The second kappa shape index (κ2) is 7.38. The van der Waals surface area contributed by atoms with Gasteiger partial charge in [-0.3, -0.25) is 25.0 Å². The summed E-state index contributed by atoms with van der Waals surface area (Å²) < 4.78 is 0. The van der Waals surface area contributed by atoms with Gasteiger partial charge in [-0.2, -0.15) is 0 Å². The van der Waals surface area contributed by atoms with Crippen molar-refractivity contribution in [3.05, 3.63) is 42.3 Å². The van der Waals surface area contributed by atoms with E-state index in [1.54, 1.807) is 13.8 Å². The Kier molecular flexibility index (Phi) is 5.82. The number of hydrogen-bond acceptors (Lipinski definition) is 7. The lowest BCUT2D eigenvalue weighted by Gasteiger charge is -2.24. The molecule has 124 valence electrons. The summed E-state index contributed by atoms with van der Waals surface area (Å²) in [7, 11) is 0. The summed E-state index contributed by atoms with van der Waals surface area (Å²) in [5.41, 5.74) is -2.20. The van der Waals surface area contributed by atoms with Gasteiger partial charge < -0.3 is 0 Å². The summed E-state index contributed by atoms with van der Waals surface area (Å²) in [4.78, 5) is 43.4. The Labute approximate surface area is 131 Å². The molecule has 1 aromatic rings. The third-order valence-electron chi connectivity index (χ3n) is 3.60. The molecule has 0 fully saturated rings. The minimum Gasteiger partial charge on any atom is -0.298 e. The lowest BCUT2D eigenvalue weighted by atomic mass is 10.0. The molecule has 10 heteroatoms. The number of anilines is 1. The minimum absolute atomic E-state index is 0.0811. The Balaban J connectivity index is 3.91. The largest absolute Gasteiger partial charge is 0.312 e. The van der Waals surface area contributed by atoms with E-state index in [-0.39, 0.29) is 17.4 Å². The van der Waals surface area contributed by atoms with Crippen LogP contribution in [-0.4, -0.2) is 22.2 Å². The molecule has 0 heterocycles. The third-order valence-corrected chi connectivity index (χ3v) is 3.60. The smallest absolute Gasteiger partial charge is 0.298 e. The molecule has 0 bridgehead atoms. The molecular weight excluding hydrogens is 308 g/mol.